The summed E-state index contributed by atoms with van der Waals surface area (Å²) in [6.45, 7) is 0.852. The second kappa shape index (κ2) is 10.4. The number of hydrogen-bond donors (Lipinski definition) is 0. The van der Waals surface area contributed by atoms with Crippen molar-refractivity contribution in [3.05, 3.63) is 99.9 Å². The molecule has 1 aliphatic rings. The van der Waals surface area contributed by atoms with Gasteiger partial charge in [-0.2, -0.15) is 0 Å². The van der Waals surface area contributed by atoms with Crippen LogP contribution in [0.5, 0.6) is 11.5 Å². The topological polar surface area (TPSA) is 55.8 Å². The number of rotatable bonds is 8. The predicted octanol–water partition coefficient (Wildman–Crippen LogP) is 6.03. The zero-order valence-corrected chi connectivity index (χ0v) is 18.6. The van der Waals surface area contributed by atoms with E-state index < -0.39 is 0 Å². The number of ether oxygens (including phenoxy) is 2. The average molecular weight is 466 g/mol. The Kier molecular flexibility index (Phi) is 7.14. The zero-order chi connectivity index (χ0) is 22.3. The molecule has 0 bridgehead atoms. The van der Waals surface area contributed by atoms with Crippen molar-refractivity contribution in [3.8, 4) is 11.5 Å². The number of halogens is 1. The number of amides is 2. The van der Waals surface area contributed by atoms with Gasteiger partial charge in [-0.05, 0) is 65.4 Å². The lowest BCUT2D eigenvalue weighted by molar-refractivity contribution is -0.123. The van der Waals surface area contributed by atoms with Gasteiger partial charge in [0.05, 0.1) is 11.4 Å². The summed E-state index contributed by atoms with van der Waals surface area (Å²) < 4.78 is 11.4. The maximum absolute atomic E-state index is 12.6. The van der Waals surface area contributed by atoms with Gasteiger partial charge in [-0.25, -0.2) is 0 Å². The number of imide groups is 1. The quantitative estimate of drug-likeness (QED) is 0.380. The lowest BCUT2D eigenvalue weighted by Crippen LogP contribution is -2.32. The number of hydrogen-bond acceptors (Lipinski definition) is 5. The molecule has 162 valence electrons. The molecule has 0 saturated carbocycles. The molecule has 2 amide bonds. The minimum absolute atomic E-state index is 0.202. The van der Waals surface area contributed by atoms with Crippen LogP contribution < -0.4 is 9.47 Å². The van der Waals surface area contributed by atoms with Crippen LogP contribution in [0.3, 0.4) is 0 Å². The van der Waals surface area contributed by atoms with E-state index in [0.717, 1.165) is 22.9 Å². The van der Waals surface area contributed by atoms with Gasteiger partial charge in [-0.1, -0.05) is 54.1 Å². The van der Waals surface area contributed by atoms with Gasteiger partial charge >= 0.3 is 0 Å². The molecule has 0 unspecified atom stereocenters. The highest BCUT2D eigenvalue weighted by Crippen LogP contribution is 2.32. The van der Waals surface area contributed by atoms with E-state index >= 15 is 0 Å². The molecule has 0 atom stereocenters. The van der Waals surface area contributed by atoms with Crippen LogP contribution in [0.15, 0.2) is 83.8 Å². The number of carbonyl (C=O) groups is 2. The van der Waals surface area contributed by atoms with Gasteiger partial charge in [0.15, 0.2) is 0 Å². The molecule has 3 aromatic rings. The van der Waals surface area contributed by atoms with E-state index in [9.17, 15) is 9.59 Å². The third kappa shape index (κ3) is 5.72. The fourth-order valence-electron chi connectivity index (χ4n) is 3.07. The zero-order valence-electron chi connectivity index (χ0n) is 17.1. The molecule has 0 radical (unpaired) electrons. The second-order valence-corrected chi connectivity index (χ2v) is 8.41. The fourth-order valence-corrected chi connectivity index (χ4v) is 4.15. The van der Waals surface area contributed by atoms with Crippen molar-refractivity contribution in [2.75, 3.05) is 13.2 Å². The number of para-hydroxylation sites is 1. The molecule has 0 spiro atoms. The molecule has 0 N–H and O–H groups in total. The van der Waals surface area contributed by atoms with Crippen molar-refractivity contribution in [2.45, 2.75) is 6.61 Å². The van der Waals surface area contributed by atoms with Gasteiger partial charge in [0.25, 0.3) is 11.1 Å². The summed E-state index contributed by atoms with van der Waals surface area (Å²) in [7, 11) is 0. The van der Waals surface area contributed by atoms with Crippen molar-refractivity contribution in [1.29, 1.82) is 0 Å². The molecule has 1 heterocycles. The summed E-state index contributed by atoms with van der Waals surface area (Å²) in [6.07, 6.45) is 1.71. The maximum Gasteiger partial charge on any atom is 0.293 e. The van der Waals surface area contributed by atoms with Crippen LogP contribution in [-0.4, -0.2) is 29.2 Å². The molecule has 4 rings (SSSR count). The van der Waals surface area contributed by atoms with Gasteiger partial charge in [0, 0.05) is 5.02 Å². The summed E-state index contributed by atoms with van der Waals surface area (Å²) >= 11 is 6.93. The highest BCUT2D eigenvalue weighted by atomic mass is 35.5. The Balaban J connectivity index is 1.32. The van der Waals surface area contributed by atoms with Crippen LogP contribution in [-0.2, 0) is 11.4 Å². The summed E-state index contributed by atoms with van der Waals surface area (Å²) in [6, 6.07) is 24.1. The Morgan fingerprint density at radius 1 is 0.875 bits per heavy atom. The van der Waals surface area contributed by atoms with Crippen molar-refractivity contribution >= 4 is 40.6 Å². The first-order chi connectivity index (χ1) is 15.6. The standard InChI is InChI=1S/C25H20ClNO4S/c26-20-6-4-5-19(15-20)17-31-22-11-9-18(10-12-22)16-23-24(28)27(25(29)32-23)13-14-30-21-7-2-1-3-8-21/h1-12,15-16H,13-14,17H2/b23-16-. The third-order valence-electron chi connectivity index (χ3n) is 4.67. The minimum Gasteiger partial charge on any atom is -0.492 e. The Hall–Kier alpha value is -3.22. The van der Waals surface area contributed by atoms with E-state index in [1.807, 2.05) is 78.9 Å². The molecule has 32 heavy (non-hydrogen) atoms. The summed E-state index contributed by atoms with van der Waals surface area (Å²) in [5, 5.41) is 0.376. The number of thioether (sulfide) groups is 1. The van der Waals surface area contributed by atoms with E-state index in [-0.39, 0.29) is 24.3 Å². The third-order valence-corrected chi connectivity index (χ3v) is 5.82. The van der Waals surface area contributed by atoms with Gasteiger partial charge in [0.1, 0.15) is 24.7 Å². The Morgan fingerprint density at radius 3 is 2.38 bits per heavy atom. The van der Waals surface area contributed by atoms with Gasteiger partial charge in [-0.3, -0.25) is 14.5 Å². The lowest BCUT2D eigenvalue weighted by Gasteiger charge is -2.13. The smallest absolute Gasteiger partial charge is 0.293 e. The van der Waals surface area contributed by atoms with E-state index in [1.165, 1.54) is 4.90 Å². The molecular formula is C25H20ClNO4S. The molecular weight excluding hydrogens is 446 g/mol. The molecule has 3 aromatic carbocycles. The Bertz CT molecular complexity index is 1130. The fraction of sp³-hybridized carbons (Fsp3) is 0.120. The van der Waals surface area contributed by atoms with Crippen molar-refractivity contribution in [3.63, 3.8) is 0 Å². The van der Waals surface area contributed by atoms with Gasteiger partial charge < -0.3 is 9.47 Å². The van der Waals surface area contributed by atoms with E-state index in [4.69, 9.17) is 21.1 Å². The lowest BCUT2D eigenvalue weighted by atomic mass is 10.2. The van der Waals surface area contributed by atoms with Crippen molar-refractivity contribution in [1.82, 2.24) is 4.90 Å². The van der Waals surface area contributed by atoms with Crippen LogP contribution in [0, 0.1) is 0 Å². The SMILES string of the molecule is O=C1S/C(=C\c2ccc(OCc3cccc(Cl)c3)cc2)C(=O)N1CCOc1ccccc1. The van der Waals surface area contributed by atoms with Gasteiger partial charge in [-0.15, -0.1) is 0 Å². The average Bonchev–Trinajstić information content (AvgIpc) is 3.07. The maximum atomic E-state index is 12.6. The molecule has 1 fully saturated rings. The van der Waals surface area contributed by atoms with Crippen LogP contribution in [0.25, 0.3) is 6.08 Å². The largest absolute Gasteiger partial charge is 0.492 e. The number of nitrogens with zero attached hydrogens (tertiary/aromatic N) is 1. The summed E-state index contributed by atoms with van der Waals surface area (Å²) in [4.78, 5) is 26.5. The molecule has 7 heteroatoms. The van der Waals surface area contributed by atoms with Crippen LogP contribution in [0.4, 0.5) is 4.79 Å². The molecule has 1 aliphatic heterocycles. The minimum atomic E-state index is -0.307. The molecule has 0 aliphatic carbocycles. The summed E-state index contributed by atoms with van der Waals surface area (Å²) in [5.41, 5.74) is 1.79. The van der Waals surface area contributed by atoms with E-state index in [2.05, 4.69) is 0 Å². The first kappa shape index (κ1) is 22.0. The monoisotopic (exact) mass is 465 g/mol. The van der Waals surface area contributed by atoms with Gasteiger partial charge in [0.2, 0.25) is 0 Å². The van der Waals surface area contributed by atoms with E-state index in [1.54, 1.807) is 6.08 Å². The summed E-state index contributed by atoms with van der Waals surface area (Å²) in [5.74, 6) is 1.10. The Morgan fingerprint density at radius 2 is 1.62 bits per heavy atom. The molecule has 1 saturated heterocycles. The highest BCUT2D eigenvalue weighted by molar-refractivity contribution is 8.18. The molecule has 0 aromatic heterocycles. The van der Waals surface area contributed by atoms with Crippen molar-refractivity contribution < 1.29 is 19.1 Å². The van der Waals surface area contributed by atoms with Crippen LogP contribution in [0.1, 0.15) is 11.1 Å². The van der Waals surface area contributed by atoms with Crippen LogP contribution in [0.2, 0.25) is 5.02 Å². The normalized spacial score (nSPS) is 14.8. The highest BCUT2D eigenvalue weighted by Gasteiger charge is 2.34. The molecule has 5 nitrogen and oxygen atoms in total. The van der Waals surface area contributed by atoms with Crippen molar-refractivity contribution in [2.24, 2.45) is 0 Å². The second-order valence-electron chi connectivity index (χ2n) is 6.98. The Labute approximate surface area is 195 Å². The number of carbonyl (C=O) groups excluding carboxylic acids is 2. The number of benzene rings is 3. The van der Waals surface area contributed by atoms with Crippen LogP contribution >= 0.6 is 23.4 Å². The first-order valence-corrected chi connectivity index (χ1v) is 11.2. The predicted molar refractivity (Wildman–Crippen MR) is 127 cm³/mol. The van der Waals surface area contributed by atoms with E-state index in [0.29, 0.717) is 28.0 Å². The first-order valence-electron chi connectivity index (χ1n) is 9.99.